The van der Waals surface area contributed by atoms with Crippen LogP contribution >= 0.6 is 0 Å². The van der Waals surface area contributed by atoms with E-state index in [1.54, 1.807) is 13.2 Å². The highest BCUT2D eigenvalue weighted by Crippen LogP contribution is 2.66. The number of fused-ring (bicyclic) bond motifs is 8. The Kier molecular flexibility index (Phi) is 7.07. The van der Waals surface area contributed by atoms with Crippen molar-refractivity contribution in [2.45, 2.75) is 93.9 Å². The molecule has 4 heterocycles. The van der Waals surface area contributed by atoms with E-state index >= 15 is 0 Å². The first kappa shape index (κ1) is 30.7. The average molecular weight is 671 g/mol. The maximum atomic E-state index is 14.9. The van der Waals surface area contributed by atoms with Gasteiger partial charge in [0.25, 0.3) is 5.91 Å². The fraction of sp³-hybridized carbons (Fsp3) is 0.579. The smallest absolute Gasteiger partial charge is 0.264 e. The van der Waals surface area contributed by atoms with Crippen LogP contribution in [0.25, 0.3) is 22.2 Å². The number of piperidine rings is 1. The fourth-order valence-electron chi connectivity index (χ4n) is 9.96. The second-order valence-electron chi connectivity index (χ2n) is 15.6. The Morgan fingerprint density at radius 2 is 1.77 bits per heavy atom. The minimum Gasteiger partial charge on any atom is -0.497 e. The lowest BCUT2D eigenvalue weighted by atomic mass is 9.81. The summed E-state index contributed by atoms with van der Waals surface area (Å²) < 4.78 is 35.9. The fourth-order valence-corrected chi connectivity index (χ4v) is 11.3. The molecule has 10 heteroatoms. The van der Waals surface area contributed by atoms with E-state index in [-0.39, 0.29) is 11.8 Å². The van der Waals surface area contributed by atoms with E-state index in [1.165, 1.54) is 43.2 Å². The summed E-state index contributed by atoms with van der Waals surface area (Å²) in [5.74, 6) is 1.45. The van der Waals surface area contributed by atoms with Gasteiger partial charge >= 0.3 is 0 Å². The molecule has 0 radical (unpaired) electrons. The van der Waals surface area contributed by atoms with Crippen molar-refractivity contribution < 1.29 is 22.7 Å². The van der Waals surface area contributed by atoms with Gasteiger partial charge in [0, 0.05) is 53.6 Å². The second-order valence-corrected chi connectivity index (χ2v) is 17.6. The van der Waals surface area contributed by atoms with Gasteiger partial charge in [-0.15, -0.1) is 0 Å². The molecule has 9 nitrogen and oxygen atoms in total. The number of hydrogen-bond donors (Lipinski definition) is 1. The normalized spacial score (nSPS) is 28.6. The molecule has 2 saturated heterocycles. The van der Waals surface area contributed by atoms with Gasteiger partial charge in [-0.25, -0.2) is 13.1 Å². The number of aromatic nitrogens is 1. The van der Waals surface area contributed by atoms with Crippen LogP contribution in [0.1, 0.15) is 97.5 Å². The van der Waals surface area contributed by atoms with Crippen LogP contribution in [0.2, 0.25) is 0 Å². The van der Waals surface area contributed by atoms with Gasteiger partial charge in [-0.1, -0.05) is 25.3 Å². The molecule has 254 valence electrons. The van der Waals surface area contributed by atoms with E-state index < -0.39 is 26.6 Å². The molecule has 1 aromatic heterocycles. The minimum atomic E-state index is -3.69. The Hall–Kier alpha value is -3.37. The van der Waals surface area contributed by atoms with Gasteiger partial charge in [0.05, 0.1) is 23.5 Å². The molecule has 4 atom stereocenters. The van der Waals surface area contributed by atoms with Gasteiger partial charge in [0.15, 0.2) is 0 Å². The van der Waals surface area contributed by atoms with E-state index in [9.17, 15) is 18.0 Å². The number of likely N-dealkylation sites (N-methyl/N-ethyl adjacent to an activating group) is 1. The number of sulfonamides is 1. The summed E-state index contributed by atoms with van der Waals surface area (Å²) in [6, 6.07) is 12.5. The van der Waals surface area contributed by atoms with Gasteiger partial charge in [-0.2, -0.15) is 0 Å². The molecule has 6 aliphatic rings. The first-order chi connectivity index (χ1) is 23.2. The number of hydrogen-bond acceptors (Lipinski definition) is 6. The Morgan fingerprint density at radius 1 is 0.958 bits per heavy atom. The molecule has 2 amide bonds. The van der Waals surface area contributed by atoms with E-state index in [1.807, 2.05) is 18.2 Å². The summed E-state index contributed by atoms with van der Waals surface area (Å²) in [6.07, 6.45) is 10.1. The lowest BCUT2D eigenvalue weighted by molar-refractivity contribution is -0.137. The number of nitrogens with zero attached hydrogens (tertiary/aromatic N) is 3. The van der Waals surface area contributed by atoms with Crippen molar-refractivity contribution in [1.82, 2.24) is 19.1 Å². The zero-order chi connectivity index (χ0) is 32.9. The van der Waals surface area contributed by atoms with Crippen molar-refractivity contribution in [2.24, 2.45) is 11.3 Å². The third-order valence-electron chi connectivity index (χ3n) is 12.8. The van der Waals surface area contributed by atoms with Crippen LogP contribution < -0.4 is 9.46 Å². The van der Waals surface area contributed by atoms with Gasteiger partial charge < -0.3 is 19.1 Å². The summed E-state index contributed by atoms with van der Waals surface area (Å²) in [7, 11) is 0.214. The molecular weight excluding hydrogens is 625 g/mol. The van der Waals surface area contributed by atoms with Crippen molar-refractivity contribution in [2.75, 3.05) is 33.8 Å². The van der Waals surface area contributed by atoms with Crippen LogP contribution in [0, 0.1) is 11.3 Å². The van der Waals surface area contributed by atoms with Crippen LogP contribution in [0.4, 0.5) is 0 Å². The van der Waals surface area contributed by atoms with Crippen molar-refractivity contribution in [1.29, 1.82) is 0 Å². The summed E-state index contributed by atoms with van der Waals surface area (Å²) in [4.78, 5) is 33.0. The first-order valence-electron chi connectivity index (χ1n) is 18.1. The first-order valence-corrected chi connectivity index (χ1v) is 19.6. The molecule has 3 aliphatic carbocycles. The number of amides is 2. The number of benzene rings is 2. The van der Waals surface area contributed by atoms with E-state index in [0.29, 0.717) is 42.8 Å². The molecule has 0 bridgehead atoms. The topological polar surface area (TPSA) is 101 Å². The van der Waals surface area contributed by atoms with E-state index in [0.717, 1.165) is 66.8 Å². The Balaban J connectivity index is 1.20. The number of likely N-dealkylation sites (tertiary alicyclic amines) is 2. The lowest BCUT2D eigenvalue weighted by Gasteiger charge is -2.33. The summed E-state index contributed by atoms with van der Waals surface area (Å²) in [5.41, 5.74) is 5.48. The number of carbonyl (C=O) groups excluding carboxylic acids is 2. The maximum Gasteiger partial charge on any atom is 0.264 e. The molecule has 0 spiro atoms. The molecule has 3 saturated carbocycles. The second kappa shape index (κ2) is 11.1. The zero-order valence-electron chi connectivity index (χ0n) is 28.0. The van der Waals surface area contributed by atoms with Crippen LogP contribution in [0.15, 0.2) is 36.4 Å². The van der Waals surface area contributed by atoms with Crippen LogP contribution in [0.5, 0.6) is 5.75 Å². The summed E-state index contributed by atoms with van der Waals surface area (Å²) in [6.45, 7) is 3.23. The van der Waals surface area contributed by atoms with Gasteiger partial charge in [0.2, 0.25) is 15.9 Å². The molecule has 2 aromatic carbocycles. The third-order valence-corrected chi connectivity index (χ3v) is 14.6. The maximum absolute atomic E-state index is 14.9. The number of rotatable bonds is 6. The number of carbonyl (C=O) groups is 2. The number of methoxy groups -OCH3 is 1. The van der Waals surface area contributed by atoms with Crippen LogP contribution in [-0.2, 0) is 21.4 Å². The predicted molar refractivity (Wildman–Crippen MR) is 185 cm³/mol. The SMILES string of the molecule is COc1ccc2c(c1)C1CC1(C(=O)N1CC3CCCN(C)C3C1)Cn1c-2c(C2CCCCC2)c2ccc(C(=O)NS(=O)(=O)C3CC3)cc21. The standard InChI is InChI=1S/C38H46N4O5S/c1-40-16-6-9-25-20-41(21-33(25)40)37(44)38-19-31(38)30-18-26(47-2)11-15-28(30)35-34(23-7-4-3-5-8-23)29-14-10-24(17-32(29)42(35)22-38)36(43)39-48(45,46)27-12-13-27/h10-11,14-15,17-18,23,25,27,31,33H,3-9,12-13,16,19-22H2,1-2H3,(H,39,43). The molecule has 3 aromatic rings. The van der Waals surface area contributed by atoms with E-state index in [2.05, 4.69) is 38.3 Å². The molecular formula is C38H46N4O5S. The minimum absolute atomic E-state index is 0.0831. The quantitative estimate of drug-likeness (QED) is 0.365. The highest BCUT2D eigenvalue weighted by molar-refractivity contribution is 7.91. The van der Waals surface area contributed by atoms with Crippen molar-refractivity contribution >= 4 is 32.7 Å². The van der Waals surface area contributed by atoms with Crippen LogP contribution in [-0.4, -0.2) is 79.7 Å². The molecule has 4 unspecified atom stereocenters. The molecule has 1 N–H and O–H groups in total. The Labute approximate surface area is 283 Å². The largest absolute Gasteiger partial charge is 0.497 e. The van der Waals surface area contributed by atoms with E-state index in [4.69, 9.17) is 4.74 Å². The monoisotopic (exact) mass is 670 g/mol. The molecule has 9 rings (SSSR count). The predicted octanol–water partition coefficient (Wildman–Crippen LogP) is 5.63. The molecule has 3 aliphatic heterocycles. The average Bonchev–Trinajstić information content (AvgIpc) is 4.01. The summed E-state index contributed by atoms with van der Waals surface area (Å²) in [5, 5.41) is 0.629. The Morgan fingerprint density at radius 3 is 2.52 bits per heavy atom. The van der Waals surface area contributed by atoms with Gasteiger partial charge in [-0.05, 0) is 112 Å². The molecule has 5 fully saturated rings. The van der Waals surface area contributed by atoms with Gasteiger partial charge in [-0.3, -0.25) is 9.59 Å². The Bertz CT molecular complexity index is 1940. The van der Waals surface area contributed by atoms with Gasteiger partial charge in [0.1, 0.15) is 5.75 Å². The number of ether oxygens (including phenoxy) is 1. The molecule has 48 heavy (non-hydrogen) atoms. The third kappa shape index (κ3) is 4.76. The highest BCUT2D eigenvalue weighted by atomic mass is 32.2. The van der Waals surface area contributed by atoms with Crippen LogP contribution in [0.3, 0.4) is 0 Å². The van der Waals surface area contributed by atoms with Crippen molar-refractivity contribution in [3.8, 4) is 17.0 Å². The van der Waals surface area contributed by atoms with Crippen molar-refractivity contribution in [3.63, 3.8) is 0 Å². The lowest BCUT2D eigenvalue weighted by Crippen LogP contribution is -2.43. The summed E-state index contributed by atoms with van der Waals surface area (Å²) >= 11 is 0. The van der Waals surface area contributed by atoms with Crippen molar-refractivity contribution in [3.05, 3.63) is 53.1 Å². The highest BCUT2D eigenvalue weighted by Gasteiger charge is 2.64. The zero-order valence-corrected chi connectivity index (χ0v) is 28.9. The number of nitrogens with one attached hydrogen (secondary N) is 1.